The minimum absolute atomic E-state index is 0.0836. The van der Waals surface area contributed by atoms with E-state index in [4.69, 9.17) is 4.74 Å². The Morgan fingerprint density at radius 1 is 1.40 bits per heavy atom. The van der Waals surface area contributed by atoms with Gasteiger partial charge < -0.3 is 9.64 Å². The maximum atomic E-state index is 13.4. The highest BCUT2D eigenvalue weighted by Crippen LogP contribution is 2.23. The largest absolute Gasteiger partial charge is 0.466 e. The van der Waals surface area contributed by atoms with Crippen LogP contribution in [0.25, 0.3) is 0 Å². The van der Waals surface area contributed by atoms with Gasteiger partial charge in [0.2, 0.25) is 5.91 Å². The first-order valence-electron chi connectivity index (χ1n) is 8.64. The molecule has 3 rings (SSSR count). The van der Waals surface area contributed by atoms with Crippen LogP contribution in [0.1, 0.15) is 26.2 Å². The Morgan fingerprint density at radius 2 is 2.20 bits per heavy atom. The maximum absolute atomic E-state index is 13.4. The van der Waals surface area contributed by atoms with Crippen LogP contribution in [0.4, 0.5) is 10.1 Å². The fourth-order valence-electron chi connectivity index (χ4n) is 3.71. The molecule has 2 aliphatic rings. The van der Waals surface area contributed by atoms with Crippen molar-refractivity contribution in [2.24, 2.45) is 5.92 Å². The fourth-order valence-corrected chi connectivity index (χ4v) is 3.71. The van der Waals surface area contributed by atoms with Crippen LogP contribution in [0, 0.1) is 11.7 Å². The highest BCUT2D eigenvalue weighted by atomic mass is 19.1. The number of esters is 1. The molecule has 1 aromatic carbocycles. The van der Waals surface area contributed by atoms with Crippen LogP contribution in [0.2, 0.25) is 0 Å². The number of hydrogen-bond acceptors (Lipinski definition) is 4. The first-order valence-corrected chi connectivity index (χ1v) is 8.64. The third-order valence-corrected chi connectivity index (χ3v) is 4.88. The monoisotopic (exact) mass is 349 g/mol. The third-order valence-electron chi connectivity index (χ3n) is 4.88. The number of quaternary nitrogens is 1. The number of likely N-dealkylation sites (tertiary alicyclic amines) is 1. The molecular weight excluding hydrogens is 327 g/mol. The molecule has 1 N–H and O–H groups in total. The van der Waals surface area contributed by atoms with E-state index in [0.717, 1.165) is 29.2 Å². The highest BCUT2D eigenvalue weighted by Gasteiger charge is 2.47. The lowest BCUT2D eigenvalue weighted by molar-refractivity contribution is -0.922. The summed E-state index contributed by atoms with van der Waals surface area (Å²) < 4.78 is 18.5. The maximum Gasteiger partial charge on any atom is 0.314 e. The molecule has 2 fully saturated rings. The third kappa shape index (κ3) is 3.56. The summed E-state index contributed by atoms with van der Waals surface area (Å²) in [5, 5.41) is 0. The standard InChI is InChI=1S/C18H21FN2O4/c1-2-25-18(24)12-5-4-8-20(11-12)15-10-16(22)21(17(15)23)14-7-3-6-13(19)9-14/h3,6-7,9,12,15H,2,4-5,8,10-11H2,1H3/p+1/t12-,15+/m0/s1. The van der Waals surface area contributed by atoms with Crippen molar-refractivity contribution in [2.75, 3.05) is 24.6 Å². The van der Waals surface area contributed by atoms with Crippen LogP contribution in [0.15, 0.2) is 24.3 Å². The molecule has 134 valence electrons. The van der Waals surface area contributed by atoms with Crippen LogP contribution in [-0.2, 0) is 19.1 Å². The number of benzene rings is 1. The fraction of sp³-hybridized carbons (Fsp3) is 0.500. The van der Waals surface area contributed by atoms with Crippen molar-refractivity contribution in [1.29, 1.82) is 0 Å². The smallest absolute Gasteiger partial charge is 0.314 e. The molecule has 1 aromatic rings. The molecule has 2 heterocycles. The summed E-state index contributed by atoms with van der Waals surface area (Å²) in [5.41, 5.74) is 0.260. The van der Waals surface area contributed by atoms with Gasteiger partial charge in [0.25, 0.3) is 5.91 Å². The Labute approximate surface area is 145 Å². The molecule has 2 aliphatic heterocycles. The van der Waals surface area contributed by atoms with Crippen molar-refractivity contribution in [3.8, 4) is 0 Å². The summed E-state index contributed by atoms with van der Waals surface area (Å²) >= 11 is 0. The zero-order chi connectivity index (χ0) is 18.0. The molecule has 6 nitrogen and oxygen atoms in total. The second-order valence-corrected chi connectivity index (χ2v) is 6.51. The van der Waals surface area contributed by atoms with E-state index in [2.05, 4.69) is 0 Å². The number of carbonyl (C=O) groups is 3. The molecule has 7 heteroatoms. The number of imide groups is 1. The molecule has 1 unspecified atom stereocenters. The van der Waals surface area contributed by atoms with E-state index >= 15 is 0 Å². The number of carbonyl (C=O) groups excluding carboxylic acids is 3. The zero-order valence-corrected chi connectivity index (χ0v) is 14.2. The minimum atomic E-state index is -0.520. The van der Waals surface area contributed by atoms with Gasteiger partial charge in [-0.05, 0) is 38.0 Å². The normalized spacial score (nSPS) is 26.8. The second kappa shape index (κ2) is 7.31. The molecule has 0 bridgehead atoms. The van der Waals surface area contributed by atoms with E-state index in [-0.39, 0.29) is 35.8 Å². The van der Waals surface area contributed by atoms with E-state index in [1.54, 1.807) is 13.0 Å². The van der Waals surface area contributed by atoms with Crippen molar-refractivity contribution in [3.05, 3.63) is 30.1 Å². The van der Waals surface area contributed by atoms with Gasteiger partial charge in [-0.2, -0.15) is 0 Å². The van der Waals surface area contributed by atoms with Crippen LogP contribution >= 0.6 is 0 Å². The Kier molecular flexibility index (Phi) is 5.13. The van der Waals surface area contributed by atoms with Crippen LogP contribution in [0.5, 0.6) is 0 Å². The van der Waals surface area contributed by atoms with Gasteiger partial charge in [0.05, 0.1) is 31.8 Å². The summed E-state index contributed by atoms with van der Waals surface area (Å²) in [6.07, 6.45) is 1.63. The Balaban J connectivity index is 1.74. The quantitative estimate of drug-likeness (QED) is 0.628. The Bertz CT molecular complexity index is 693. The molecule has 3 atom stereocenters. The van der Waals surface area contributed by atoms with Gasteiger partial charge in [0, 0.05) is 0 Å². The summed E-state index contributed by atoms with van der Waals surface area (Å²) in [4.78, 5) is 39.1. The molecule has 0 aliphatic carbocycles. The Morgan fingerprint density at radius 3 is 2.92 bits per heavy atom. The van der Waals surface area contributed by atoms with Crippen LogP contribution < -0.4 is 9.80 Å². The van der Waals surface area contributed by atoms with Crippen molar-refractivity contribution >= 4 is 23.5 Å². The van der Waals surface area contributed by atoms with Gasteiger partial charge in [-0.15, -0.1) is 0 Å². The number of ether oxygens (including phenoxy) is 1. The molecule has 25 heavy (non-hydrogen) atoms. The topological polar surface area (TPSA) is 68.1 Å². The Hall–Kier alpha value is -2.28. The number of hydrogen-bond donors (Lipinski definition) is 1. The van der Waals surface area contributed by atoms with Gasteiger partial charge in [0.15, 0.2) is 6.04 Å². The minimum Gasteiger partial charge on any atom is -0.466 e. The van der Waals surface area contributed by atoms with Gasteiger partial charge >= 0.3 is 5.97 Å². The van der Waals surface area contributed by atoms with E-state index in [0.29, 0.717) is 13.2 Å². The van der Waals surface area contributed by atoms with Gasteiger partial charge in [-0.25, -0.2) is 9.29 Å². The highest BCUT2D eigenvalue weighted by molar-refractivity contribution is 6.21. The van der Waals surface area contributed by atoms with Gasteiger partial charge in [-0.3, -0.25) is 14.4 Å². The second-order valence-electron chi connectivity index (χ2n) is 6.51. The molecule has 0 saturated carbocycles. The van der Waals surface area contributed by atoms with E-state index in [9.17, 15) is 18.8 Å². The summed E-state index contributed by atoms with van der Waals surface area (Å²) in [7, 11) is 0. The molecule has 0 aromatic heterocycles. The number of rotatable bonds is 4. The van der Waals surface area contributed by atoms with E-state index < -0.39 is 11.9 Å². The number of halogens is 1. The van der Waals surface area contributed by atoms with Crippen LogP contribution in [-0.4, -0.2) is 43.5 Å². The van der Waals surface area contributed by atoms with Crippen molar-refractivity contribution in [3.63, 3.8) is 0 Å². The SMILES string of the molecule is CCOC(=O)[C@H]1CCC[NH+]([C@@H]2CC(=O)N(c3cccc(F)c3)C2=O)C1. The molecule has 2 amide bonds. The first kappa shape index (κ1) is 17.5. The lowest BCUT2D eigenvalue weighted by atomic mass is 9.96. The lowest BCUT2D eigenvalue weighted by Crippen LogP contribution is -3.18. The lowest BCUT2D eigenvalue weighted by Gasteiger charge is -2.31. The van der Waals surface area contributed by atoms with Gasteiger partial charge in [0.1, 0.15) is 11.7 Å². The van der Waals surface area contributed by atoms with Crippen molar-refractivity contribution in [2.45, 2.75) is 32.2 Å². The summed E-state index contributed by atoms with van der Waals surface area (Å²) in [6.45, 7) is 3.32. The van der Waals surface area contributed by atoms with E-state index in [1.807, 2.05) is 0 Å². The number of anilines is 1. The number of piperidine rings is 1. The number of nitrogens with one attached hydrogen (secondary N) is 1. The summed E-state index contributed by atoms with van der Waals surface area (Å²) in [5.74, 6) is -1.62. The van der Waals surface area contributed by atoms with Crippen molar-refractivity contribution in [1.82, 2.24) is 0 Å². The summed E-state index contributed by atoms with van der Waals surface area (Å²) in [6, 6.07) is 4.96. The first-order chi connectivity index (χ1) is 12.0. The van der Waals surface area contributed by atoms with E-state index in [1.165, 1.54) is 18.2 Å². The van der Waals surface area contributed by atoms with Crippen molar-refractivity contribution < 1.29 is 28.4 Å². The molecule has 0 radical (unpaired) electrons. The molecule has 0 spiro atoms. The predicted octanol–water partition coefficient (Wildman–Crippen LogP) is 0.316. The number of nitrogens with zero attached hydrogens (tertiary/aromatic N) is 1. The molecule has 2 saturated heterocycles. The van der Waals surface area contributed by atoms with Gasteiger partial charge in [-0.1, -0.05) is 6.07 Å². The zero-order valence-electron chi connectivity index (χ0n) is 14.2. The molecular formula is C18H22FN2O4+. The average molecular weight is 349 g/mol. The number of amides is 2. The average Bonchev–Trinajstić information content (AvgIpc) is 2.90. The van der Waals surface area contributed by atoms with Crippen LogP contribution in [0.3, 0.4) is 0 Å². The predicted molar refractivity (Wildman–Crippen MR) is 87.4 cm³/mol.